The predicted molar refractivity (Wildman–Crippen MR) is 96.7 cm³/mol. The molecule has 0 spiro atoms. The second-order valence-corrected chi connectivity index (χ2v) is 5.76. The van der Waals surface area contributed by atoms with Crippen molar-refractivity contribution in [3.63, 3.8) is 0 Å². The predicted octanol–water partition coefficient (Wildman–Crippen LogP) is 3.14. The summed E-state index contributed by atoms with van der Waals surface area (Å²) in [6, 6.07) is 7.85. The number of benzene rings is 2. The van der Waals surface area contributed by atoms with Gasteiger partial charge in [-0.2, -0.15) is 0 Å². The fourth-order valence-corrected chi connectivity index (χ4v) is 2.57. The lowest BCUT2D eigenvalue weighted by atomic mass is 9.93. The lowest BCUT2D eigenvalue weighted by Gasteiger charge is -2.24. The number of nitrogens with one attached hydrogen (secondary N) is 3. The average molecular weight is 355 g/mol. The Hall–Kier alpha value is -3.55. The Morgan fingerprint density at radius 1 is 1.04 bits per heavy atom. The number of amides is 1. The first kappa shape index (κ1) is 17.3. The first-order valence-corrected chi connectivity index (χ1v) is 7.56. The van der Waals surface area contributed by atoms with Crippen LogP contribution in [0.2, 0.25) is 0 Å². The van der Waals surface area contributed by atoms with Crippen LogP contribution in [-0.2, 0) is 4.79 Å². The maximum Gasteiger partial charge on any atom is 0.277 e. The van der Waals surface area contributed by atoms with E-state index in [4.69, 9.17) is 16.6 Å². The molecule has 0 fully saturated rings. The van der Waals surface area contributed by atoms with Gasteiger partial charge in [-0.05, 0) is 30.3 Å². The second-order valence-electron chi connectivity index (χ2n) is 5.76. The highest BCUT2D eigenvalue weighted by atomic mass is 19.1. The monoisotopic (exact) mass is 355 g/mol. The van der Waals surface area contributed by atoms with Crippen LogP contribution < -0.4 is 11.1 Å². The number of nitrogens with two attached hydrogens (primary N) is 1. The van der Waals surface area contributed by atoms with Crippen molar-refractivity contribution in [2.75, 3.05) is 18.1 Å². The Balaban J connectivity index is 2.09. The number of rotatable bonds is 3. The molecule has 0 radical (unpaired) electrons. The number of carbonyl (C=O) groups is 1. The molecule has 6 nitrogen and oxygen atoms in total. The fourth-order valence-electron chi connectivity index (χ4n) is 2.57. The van der Waals surface area contributed by atoms with Gasteiger partial charge >= 0.3 is 0 Å². The molecular weight excluding hydrogens is 340 g/mol. The van der Waals surface area contributed by atoms with Crippen LogP contribution in [-0.4, -0.2) is 29.3 Å². The number of carbonyl (C=O) groups excluding carboxylic acids is 1. The first-order valence-electron chi connectivity index (χ1n) is 7.56. The second kappa shape index (κ2) is 6.40. The minimum atomic E-state index is -0.777. The molecule has 0 unspecified atom stereocenters. The van der Waals surface area contributed by atoms with E-state index in [0.29, 0.717) is 16.9 Å². The summed E-state index contributed by atoms with van der Waals surface area (Å²) in [5, 5.41) is 18.7. The Morgan fingerprint density at radius 2 is 1.73 bits per heavy atom. The molecule has 2 aromatic rings. The van der Waals surface area contributed by atoms with Crippen molar-refractivity contribution >= 4 is 40.0 Å². The molecule has 2 aromatic carbocycles. The molecule has 0 saturated carbocycles. The van der Waals surface area contributed by atoms with Gasteiger partial charge in [-0.3, -0.25) is 15.6 Å². The summed E-state index contributed by atoms with van der Waals surface area (Å²) in [6.45, 7) is 0. The topological polar surface area (TPSA) is 106 Å². The number of nitrogens with zero attached hydrogens (tertiary/aromatic N) is 1. The number of anilines is 3. The highest BCUT2D eigenvalue weighted by molar-refractivity contribution is 6.75. The third-order valence-corrected chi connectivity index (χ3v) is 3.91. The highest BCUT2D eigenvalue weighted by Gasteiger charge is 2.28. The highest BCUT2D eigenvalue weighted by Crippen LogP contribution is 2.32. The van der Waals surface area contributed by atoms with Crippen LogP contribution in [0.4, 0.5) is 25.8 Å². The number of nitrogen functional groups attached to an aromatic ring is 1. The molecule has 0 atom stereocenters. The average Bonchev–Trinajstić information content (AvgIpc) is 2.60. The van der Waals surface area contributed by atoms with Crippen LogP contribution in [0.5, 0.6) is 0 Å². The summed E-state index contributed by atoms with van der Waals surface area (Å²) in [7, 11) is 1.47. The van der Waals surface area contributed by atoms with E-state index >= 15 is 0 Å². The van der Waals surface area contributed by atoms with Crippen LogP contribution in [0.1, 0.15) is 5.56 Å². The lowest BCUT2D eigenvalue weighted by Crippen LogP contribution is -2.38. The molecule has 1 aliphatic heterocycles. The quantitative estimate of drug-likeness (QED) is 0.636. The van der Waals surface area contributed by atoms with E-state index in [1.807, 2.05) is 0 Å². The van der Waals surface area contributed by atoms with E-state index in [9.17, 15) is 13.6 Å². The third-order valence-electron chi connectivity index (χ3n) is 3.91. The maximum absolute atomic E-state index is 14.0. The fraction of sp³-hybridized carbons (Fsp3) is 0.0556. The van der Waals surface area contributed by atoms with Crippen molar-refractivity contribution in [3.8, 4) is 0 Å². The largest absolute Gasteiger partial charge is 0.399 e. The molecule has 132 valence electrons. The minimum absolute atomic E-state index is 0.0415. The van der Waals surface area contributed by atoms with Crippen molar-refractivity contribution in [1.29, 1.82) is 10.8 Å². The molecule has 26 heavy (non-hydrogen) atoms. The van der Waals surface area contributed by atoms with Crippen LogP contribution in [0, 0.1) is 22.5 Å². The van der Waals surface area contributed by atoms with Gasteiger partial charge in [-0.15, -0.1) is 0 Å². The Labute approximate surface area is 147 Å². The molecule has 8 heteroatoms. The first-order chi connectivity index (χ1) is 12.3. The zero-order valence-electron chi connectivity index (χ0n) is 13.7. The van der Waals surface area contributed by atoms with E-state index in [1.165, 1.54) is 24.2 Å². The summed E-state index contributed by atoms with van der Waals surface area (Å²) in [5.74, 6) is -2.07. The molecule has 0 aliphatic carbocycles. The van der Waals surface area contributed by atoms with Crippen molar-refractivity contribution in [2.45, 2.75) is 0 Å². The van der Waals surface area contributed by atoms with Crippen molar-refractivity contribution in [3.05, 3.63) is 59.8 Å². The Morgan fingerprint density at radius 3 is 2.42 bits per heavy atom. The van der Waals surface area contributed by atoms with E-state index in [2.05, 4.69) is 5.32 Å². The summed E-state index contributed by atoms with van der Waals surface area (Å²) < 4.78 is 27.1. The summed E-state index contributed by atoms with van der Waals surface area (Å²) >= 11 is 0. The van der Waals surface area contributed by atoms with Crippen molar-refractivity contribution in [1.82, 2.24) is 4.90 Å². The standard InChI is InChI=1S/C18H15F2N5O/c1-25-8-12(16(22)17(23)18(25)26)11-7-10(21)3-5-14(11)24-15-4-2-9(19)6-13(15)20/h2-8,22-24H,21H2,1H3. The molecule has 1 aliphatic rings. The summed E-state index contributed by atoms with van der Waals surface area (Å²) in [5.41, 5.74) is 6.66. The molecule has 0 saturated heterocycles. The van der Waals surface area contributed by atoms with Gasteiger partial charge < -0.3 is 16.0 Å². The number of allylic oxidation sites excluding steroid dienone is 1. The SMILES string of the molecule is CN1C=C(c2cc(N)ccc2Nc2ccc(F)cc2F)C(=N)C(=N)C1=O. The van der Waals surface area contributed by atoms with Crippen LogP contribution in [0.25, 0.3) is 5.57 Å². The third kappa shape index (κ3) is 3.04. The van der Waals surface area contributed by atoms with E-state index in [0.717, 1.165) is 12.1 Å². The van der Waals surface area contributed by atoms with Crippen molar-refractivity contribution in [2.24, 2.45) is 0 Å². The maximum atomic E-state index is 14.0. The number of halogens is 2. The normalized spacial score (nSPS) is 14.5. The van der Waals surface area contributed by atoms with Crippen LogP contribution >= 0.6 is 0 Å². The van der Waals surface area contributed by atoms with Gasteiger partial charge in [-0.1, -0.05) is 0 Å². The minimum Gasteiger partial charge on any atom is -0.399 e. The molecule has 3 rings (SSSR count). The summed E-state index contributed by atoms with van der Waals surface area (Å²) in [6.07, 6.45) is 1.42. The molecular formula is C18H15F2N5O. The van der Waals surface area contributed by atoms with Gasteiger partial charge in [0.15, 0.2) is 0 Å². The van der Waals surface area contributed by atoms with Gasteiger partial charge in [0.25, 0.3) is 5.91 Å². The van der Waals surface area contributed by atoms with Crippen LogP contribution in [0.15, 0.2) is 42.6 Å². The van der Waals surface area contributed by atoms with Crippen LogP contribution in [0.3, 0.4) is 0 Å². The summed E-state index contributed by atoms with van der Waals surface area (Å²) in [4.78, 5) is 13.0. The molecule has 5 N–H and O–H groups in total. The molecule has 0 aromatic heterocycles. The zero-order valence-corrected chi connectivity index (χ0v) is 13.7. The Bertz CT molecular complexity index is 984. The van der Waals surface area contributed by atoms with Gasteiger partial charge in [0.1, 0.15) is 17.3 Å². The van der Waals surface area contributed by atoms with E-state index in [1.54, 1.807) is 18.2 Å². The van der Waals surface area contributed by atoms with E-state index in [-0.39, 0.29) is 17.0 Å². The van der Waals surface area contributed by atoms with Crippen molar-refractivity contribution < 1.29 is 13.6 Å². The lowest BCUT2D eigenvalue weighted by molar-refractivity contribution is -0.120. The Kier molecular flexibility index (Phi) is 4.25. The van der Waals surface area contributed by atoms with Gasteiger partial charge in [0.05, 0.1) is 11.4 Å². The van der Waals surface area contributed by atoms with E-state index < -0.39 is 23.3 Å². The van der Waals surface area contributed by atoms with Gasteiger partial charge in [0, 0.05) is 41.8 Å². The molecule has 0 bridgehead atoms. The van der Waals surface area contributed by atoms with Gasteiger partial charge in [-0.25, -0.2) is 8.78 Å². The zero-order chi connectivity index (χ0) is 19.0. The van der Waals surface area contributed by atoms with Gasteiger partial charge in [0.2, 0.25) is 0 Å². The number of hydrogen-bond acceptors (Lipinski definition) is 5. The smallest absolute Gasteiger partial charge is 0.277 e. The molecule has 1 heterocycles. The molecule has 1 amide bonds. The number of hydrogen-bond donors (Lipinski definition) is 4.